The second kappa shape index (κ2) is 3.91. The van der Waals surface area contributed by atoms with Gasteiger partial charge in [-0.05, 0) is 26.5 Å². The van der Waals surface area contributed by atoms with Crippen LogP contribution in [0.5, 0.6) is 0 Å². The minimum absolute atomic E-state index is 1.17. The quantitative estimate of drug-likeness (QED) is 0.700. The Kier molecular flexibility index (Phi) is 2.79. The van der Waals surface area contributed by atoms with Gasteiger partial charge in [-0.3, -0.25) is 0 Å². The molecule has 0 amide bonds. The molecule has 0 aliphatic carbocycles. The Balaban J connectivity index is 2.12. The molecule has 1 saturated heterocycles. The first-order chi connectivity index (χ1) is 6.68. The van der Waals surface area contributed by atoms with Gasteiger partial charge < -0.3 is 9.80 Å². The summed E-state index contributed by atoms with van der Waals surface area (Å²) in [5.74, 6) is 0. The maximum absolute atomic E-state index is 2.51. The Labute approximate surface area is 90.1 Å². The minimum atomic E-state index is 1.17. The van der Waals surface area contributed by atoms with Crippen LogP contribution in [0.25, 0.3) is 0 Å². The van der Waals surface area contributed by atoms with E-state index in [-0.39, 0.29) is 0 Å². The molecular formula is C11H18N2S. The fourth-order valence-corrected chi connectivity index (χ4v) is 2.76. The predicted molar refractivity (Wildman–Crippen MR) is 63.5 cm³/mol. The van der Waals surface area contributed by atoms with Crippen molar-refractivity contribution in [2.75, 3.05) is 38.1 Å². The molecule has 0 atom stereocenters. The average Bonchev–Trinajstić information content (AvgIpc) is 2.50. The van der Waals surface area contributed by atoms with Gasteiger partial charge >= 0.3 is 0 Å². The molecule has 1 aliphatic heterocycles. The molecule has 1 fully saturated rings. The molecule has 0 saturated carbocycles. The van der Waals surface area contributed by atoms with Crippen molar-refractivity contribution in [2.45, 2.75) is 13.8 Å². The van der Waals surface area contributed by atoms with E-state index in [1.807, 2.05) is 11.3 Å². The van der Waals surface area contributed by atoms with E-state index in [1.165, 1.54) is 42.3 Å². The molecule has 1 aliphatic rings. The van der Waals surface area contributed by atoms with Crippen LogP contribution < -0.4 is 4.90 Å². The van der Waals surface area contributed by atoms with Gasteiger partial charge in [0.15, 0.2) is 0 Å². The molecule has 0 unspecified atom stereocenters. The number of hydrogen-bond acceptors (Lipinski definition) is 3. The van der Waals surface area contributed by atoms with Gasteiger partial charge in [-0.1, -0.05) is 0 Å². The van der Waals surface area contributed by atoms with Gasteiger partial charge in [0.05, 0.1) is 5.69 Å². The summed E-state index contributed by atoms with van der Waals surface area (Å²) < 4.78 is 0. The number of likely N-dealkylation sites (N-methyl/N-ethyl adjacent to an activating group) is 1. The van der Waals surface area contributed by atoms with Gasteiger partial charge in [0.25, 0.3) is 0 Å². The summed E-state index contributed by atoms with van der Waals surface area (Å²) in [6.07, 6.45) is 0. The van der Waals surface area contributed by atoms with Crippen molar-refractivity contribution in [3.05, 3.63) is 15.8 Å². The van der Waals surface area contributed by atoms with E-state index in [4.69, 9.17) is 0 Å². The van der Waals surface area contributed by atoms with Crippen LogP contribution in [0, 0.1) is 13.8 Å². The molecule has 2 nitrogen and oxygen atoms in total. The fraction of sp³-hybridized carbons (Fsp3) is 0.636. The van der Waals surface area contributed by atoms with Crippen molar-refractivity contribution in [3.63, 3.8) is 0 Å². The summed E-state index contributed by atoms with van der Waals surface area (Å²) in [7, 11) is 2.20. The number of hydrogen-bond donors (Lipinski definition) is 0. The summed E-state index contributed by atoms with van der Waals surface area (Å²) in [5, 5.41) is 2.30. The lowest BCUT2D eigenvalue weighted by atomic mass is 10.2. The third-order valence-electron chi connectivity index (χ3n) is 3.10. The highest BCUT2D eigenvalue weighted by Crippen LogP contribution is 2.29. The maximum atomic E-state index is 2.51. The molecule has 1 aromatic rings. The molecule has 0 bridgehead atoms. The van der Waals surface area contributed by atoms with Crippen LogP contribution >= 0.6 is 11.3 Å². The third-order valence-corrected chi connectivity index (χ3v) is 4.10. The number of thiophene rings is 1. The smallest absolute Gasteiger partial charge is 0.0508 e. The van der Waals surface area contributed by atoms with Gasteiger partial charge in [0.2, 0.25) is 0 Å². The van der Waals surface area contributed by atoms with E-state index < -0.39 is 0 Å². The number of aryl methyl sites for hydroxylation is 1. The molecular weight excluding hydrogens is 192 g/mol. The predicted octanol–water partition coefficient (Wildman–Crippen LogP) is 2.12. The molecule has 1 aromatic heterocycles. The van der Waals surface area contributed by atoms with Crippen molar-refractivity contribution in [2.24, 2.45) is 0 Å². The molecule has 2 heterocycles. The normalized spacial score (nSPS) is 18.9. The van der Waals surface area contributed by atoms with Crippen LogP contribution in [0.3, 0.4) is 0 Å². The lowest BCUT2D eigenvalue weighted by Crippen LogP contribution is -2.44. The molecule has 14 heavy (non-hydrogen) atoms. The van der Waals surface area contributed by atoms with Crippen LogP contribution in [0.1, 0.15) is 10.4 Å². The Morgan fingerprint density at radius 1 is 1.14 bits per heavy atom. The van der Waals surface area contributed by atoms with Crippen molar-refractivity contribution in [1.29, 1.82) is 0 Å². The molecule has 0 spiro atoms. The van der Waals surface area contributed by atoms with Crippen molar-refractivity contribution >= 4 is 17.0 Å². The van der Waals surface area contributed by atoms with E-state index >= 15 is 0 Å². The Hall–Kier alpha value is -0.540. The zero-order chi connectivity index (χ0) is 10.1. The van der Waals surface area contributed by atoms with Crippen LogP contribution in [-0.2, 0) is 0 Å². The Morgan fingerprint density at radius 3 is 2.29 bits per heavy atom. The second-order valence-corrected chi connectivity index (χ2v) is 5.18. The first kappa shape index (κ1) is 9.99. The van der Waals surface area contributed by atoms with Crippen LogP contribution in [-0.4, -0.2) is 38.1 Å². The highest BCUT2D eigenvalue weighted by molar-refractivity contribution is 7.10. The van der Waals surface area contributed by atoms with Crippen LogP contribution in [0.4, 0.5) is 5.69 Å². The highest BCUT2D eigenvalue weighted by atomic mass is 32.1. The number of nitrogens with zero attached hydrogens (tertiary/aromatic N) is 2. The van der Waals surface area contributed by atoms with Crippen molar-refractivity contribution < 1.29 is 0 Å². The van der Waals surface area contributed by atoms with E-state index in [9.17, 15) is 0 Å². The number of rotatable bonds is 1. The summed E-state index contributed by atoms with van der Waals surface area (Å²) in [6.45, 7) is 9.17. The fourth-order valence-electron chi connectivity index (χ4n) is 1.86. The number of anilines is 1. The Bertz CT molecular complexity index is 311. The van der Waals surface area contributed by atoms with Gasteiger partial charge in [0, 0.05) is 36.4 Å². The van der Waals surface area contributed by atoms with E-state index in [1.54, 1.807) is 0 Å². The first-order valence-corrected chi connectivity index (χ1v) is 6.04. The zero-order valence-electron chi connectivity index (χ0n) is 9.21. The molecule has 0 radical (unpaired) electrons. The van der Waals surface area contributed by atoms with Gasteiger partial charge in [0.1, 0.15) is 0 Å². The molecule has 3 heteroatoms. The molecule has 2 rings (SSSR count). The Morgan fingerprint density at radius 2 is 1.79 bits per heavy atom. The van der Waals surface area contributed by atoms with E-state index in [0.29, 0.717) is 0 Å². The van der Waals surface area contributed by atoms with Crippen molar-refractivity contribution in [3.8, 4) is 0 Å². The maximum Gasteiger partial charge on any atom is 0.0508 e. The molecule has 0 N–H and O–H groups in total. The summed E-state index contributed by atoms with van der Waals surface area (Å²) in [5.41, 5.74) is 2.93. The second-order valence-electron chi connectivity index (χ2n) is 4.09. The van der Waals surface area contributed by atoms with Gasteiger partial charge in [-0.2, -0.15) is 0 Å². The van der Waals surface area contributed by atoms with Crippen molar-refractivity contribution in [1.82, 2.24) is 4.90 Å². The van der Waals surface area contributed by atoms with Crippen LogP contribution in [0.15, 0.2) is 5.38 Å². The third kappa shape index (κ3) is 1.79. The minimum Gasteiger partial charge on any atom is -0.368 e. The first-order valence-electron chi connectivity index (χ1n) is 5.16. The highest BCUT2D eigenvalue weighted by Gasteiger charge is 2.17. The molecule has 78 valence electrons. The summed E-state index contributed by atoms with van der Waals surface area (Å²) in [4.78, 5) is 6.36. The largest absolute Gasteiger partial charge is 0.368 e. The van der Waals surface area contributed by atoms with E-state index in [0.717, 1.165) is 0 Å². The SMILES string of the molecule is Cc1scc(N2CCN(C)CC2)c1C. The zero-order valence-corrected chi connectivity index (χ0v) is 10.0. The molecule has 0 aromatic carbocycles. The topological polar surface area (TPSA) is 6.48 Å². The van der Waals surface area contributed by atoms with Crippen LogP contribution in [0.2, 0.25) is 0 Å². The average molecular weight is 210 g/mol. The monoisotopic (exact) mass is 210 g/mol. The van der Waals surface area contributed by atoms with Gasteiger partial charge in [-0.25, -0.2) is 0 Å². The van der Waals surface area contributed by atoms with E-state index in [2.05, 4.69) is 36.1 Å². The van der Waals surface area contributed by atoms with Gasteiger partial charge in [-0.15, -0.1) is 11.3 Å². The number of piperazine rings is 1. The lowest BCUT2D eigenvalue weighted by molar-refractivity contribution is 0.313. The standard InChI is InChI=1S/C11H18N2S/c1-9-10(2)14-8-11(9)13-6-4-12(3)5-7-13/h8H,4-7H2,1-3H3. The summed E-state index contributed by atoms with van der Waals surface area (Å²) in [6, 6.07) is 0. The lowest BCUT2D eigenvalue weighted by Gasteiger charge is -2.34. The summed E-state index contributed by atoms with van der Waals surface area (Å²) >= 11 is 1.87.